The number of halogens is 4. The monoisotopic (exact) mass is 503 g/mol. The van der Waals surface area contributed by atoms with Gasteiger partial charge in [0.15, 0.2) is 6.61 Å². The Labute approximate surface area is 202 Å². The van der Waals surface area contributed by atoms with Crippen LogP contribution in [0.1, 0.15) is 12.8 Å². The highest BCUT2D eigenvalue weighted by atomic mass is 35.5. The van der Waals surface area contributed by atoms with E-state index in [9.17, 15) is 27.9 Å². The molecule has 0 radical (unpaired) electrons. The number of ether oxygens (including phenoxy) is 1. The Morgan fingerprint density at radius 2 is 1.56 bits per heavy atom. The van der Waals surface area contributed by atoms with Crippen LogP contribution in [0.4, 0.5) is 18.9 Å². The Balaban J connectivity index is 0.00000324. The van der Waals surface area contributed by atoms with Crippen LogP contribution >= 0.6 is 12.4 Å². The number of carbonyl (C=O) groups is 2. The van der Waals surface area contributed by atoms with Crippen LogP contribution in [0.2, 0.25) is 0 Å². The second kappa shape index (κ2) is 11.0. The van der Waals surface area contributed by atoms with Gasteiger partial charge in [-0.2, -0.15) is 13.2 Å². The van der Waals surface area contributed by atoms with E-state index in [1.807, 2.05) is 22.0 Å². The third kappa shape index (κ3) is 6.03. The number of likely N-dealkylation sites (tertiary alicyclic amines) is 1. The molecular formula is C23H29ClF3N3O4. The number of hydrogen-bond donors (Lipinski definition) is 1. The maximum atomic E-state index is 12.6. The highest BCUT2D eigenvalue weighted by molar-refractivity contribution is 6.05. The number of benzene rings is 1. The molecule has 2 unspecified atom stereocenters. The number of β-amino-alcohol motifs (C(OH)–C–C–N with tert-alkyl or cyclic N) is 1. The van der Waals surface area contributed by atoms with Gasteiger partial charge in [0.1, 0.15) is 5.75 Å². The summed E-state index contributed by atoms with van der Waals surface area (Å²) in [5.41, 5.74) is 0.603. The van der Waals surface area contributed by atoms with Crippen LogP contribution in [0.25, 0.3) is 0 Å². The van der Waals surface area contributed by atoms with Crippen molar-refractivity contribution in [3.8, 4) is 5.75 Å². The fourth-order valence-electron chi connectivity index (χ4n) is 4.79. The van der Waals surface area contributed by atoms with Crippen molar-refractivity contribution in [3.63, 3.8) is 0 Å². The van der Waals surface area contributed by atoms with Gasteiger partial charge in [-0.1, -0.05) is 24.3 Å². The zero-order chi connectivity index (χ0) is 23.6. The molecule has 7 nitrogen and oxygen atoms in total. The van der Waals surface area contributed by atoms with E-state index in [2.05, 4.69) is 0 Å². The van der Waals surface area contributed by atoms with Crippen molar-refractivity contribution in [1.82, 2.24) is 9.80 Å². The van der Waals surface area contributed by atoms with Crippen molar-refractivity contribution in [3.05, 3.63) is 36.4 Å². The second-order valence-electron chi connectivity index (χ2n) is 8.76. The first-order chi connectivity index (χ1) is 15.7. The van der Waals surface area contributed by atoms with E-state index in [0.29, 0.717) is 51.3 Å². The van der Waals surface area contributed by atoms with Gasteiger partial charge in [-0.3, -0.25) is 19.4 Å². The second-order valence-corrected chi connectivity index (χ2v) is 8.76. The van der Waals surface area contributed by atoms with Crippen LogP contribution in [-0.2, 0) is 9.59 Å². The molecule has 1 aliphatic carbocycles. The summed E-state index contributed by atoms with van der Waals surface area (Å²) in [6, 6.07) is 6.64. The van der Waals surface area contributed by atoms with Crippen molar-refractivity contribution in [2.45, 2.75) is 25.1 Å². The zero-order valence-corrected chi connectivity index (χ0v) is 19.4. The summed E-state index contributed by atoms with van der Waals surface area (Å²) in [6.45, 7) is 1.22. The summed E-state index contributed by atoms with van der Waals surface area (Å²) in [6.07, 6.45) is -0.277. The summed E-state index contributed by atoms with van der Waals surface area (Å²) in [5.74, 6) is -0.830. The highest BCUT2D eigenvalue weighted by Gasteiger charge is 2.47. The van der Waals surface area contributed by atoms with Gasteiger partial charge >= 0.3 is 6.18 Å². The Hall–Kier alpha value is -2.30. The van der Waals surface area contributed by atoms with Crippen LogP contribution in [0.15, 0.2) is 36.4 Å². The number of alkyl halides is 3. The van der Waals surface area contributed by atoms with Gasteiger partial charge in [-0.15, -0.1) is 12.4 Å². The lowest BCUT2D eigenvalue weighted by Gasteiger charge is -2.37. The first-order valence-electron chi connectivity index (χ1n) is 11.2. The molecule has 0 aromatic heterocycles. The van der Waals surface area contributed by atoms with Crippen LogP contribution in [-0.4, -0.2) is 84.9 Å². The molecule has 2 saturated heterocycles. The molecule has 1 aromatic rings. The van der Waals surface area contributed by atoms with E-state index in [-0.39, 0.29) is 48.4 Å². The van der Waals surface area contributed by atoms with Crippen molar-refractivity contribution >= 4 is 29.9 Å². The minimum absolute atomic E-state index is 0. The standard InChI is InChI=1S/C23H28F3N3O4.ClH/c24-23(25,26)15-33-20-8-4-3-7-19(20)28-11-9-27(10-12-28)13-16(30)14-29-21(31)17-5-1-2-6-18(17)22(29)32;/h1-4,7-8,16-18,30H,5-6,9-15H2;1H/t16-,17?,18?;/m0./s1. The summed E-state index contributed by atoms with van der Waals surface area (Å²) < 4.78 is 42.6. The van der Waals surface area contributed by atoms with Crippen LogP contribution in [0, 0.1) is 11.8 Å². The van der Waals surface area contributed by atoms with E-state index in [0.717, 1.165) is 0 Å². The van der Waals surface area contributed by atoms with Crippen LogP contribution in [0.3, 0.4) is 0 Å². The molecule has 2 amide bonds. The first-order valence-corrected chi connectivity index (χ1v) is 11.2. The minimum atomic E-state index is -4.41. The predicted octanol–water partition coefficient (Wildman–Crippen LogP) is 2.48. The van der Waals surface area contributed by atoms with Crippen molar-refractivity contribution in [2.75, 3.05) is 50.8 Å². The maximum Gasteiger partial charge on any atom is 0.422 e. The molecule has 2 aliphatic heterocycles. The van der Waals surface area contributed by atoms with Gasteiger partial charge in [-0.25, -0.2) is 0 Å². The molecule has 0 spiro atoms. The zero-order valence-electron chi connectivity index (χ0n) is 18.6. The summed E-state index contributed by atoms with van der Waals surface area (Å²) in [7, 11) is 0. The molecule has 4 rings (SSSR count). The first kappa shape index (κ1) is 26.3. The third-order valence-electron chi connectivity index (χ3n) is 6.43. The van der Waals surface area contributed by atoms with Crippen molar-refractivity contribution < 1.29 is 32.6 Å². The lowest BCUT2D eigenvalue weighted by atomic mass is 9.85. The van der Waals surface area contributed by atoms with E-state index >= 15 is 0 Å². The molecule has 11 heteroatoms. The SMILES string of the molecule is Cl.O=C1C2CC=CCC2C(=O)N1C[C@@H](O)CN1CCN(c2ccccc2OCC(F)(F)F)CC1. The molecule has 1 aromatic carbocycles. The molecule has 188 valence electrons. The Morgan fingerprint density at radius 1 is 0.971 bits per heavy atom. The molecule has 0 bridgehead atoms. The fourth-order valence-corrected chi connectivity index (χ4v) is 4.79. The summed E-state index contributed by atoms with van der Waals surface area (Å²) >= 11 is 0. The molecular weight excluding hydrogens is 475 g/mol. The van der Waals surface area contributed by atoms with Crippen molar-refractivity contribution in [1.29, 1.82) is 0 Å². The summed E-state index contributed by atoms with van der Waals surface area (Å²) in [5, 5.41) is 10.6. The van der Waals surface area contributed by atoms with Gasteiger partial charge in [0, 0.05) is 32.7 Å². The number of para-hydroxylation sites is 2. The third-order valence-corrected chi connectivity index (χ3v) is 6.43. The molecule has 2 fully saturated rings. The number of fused-ring (bicyclic) bond motifs is 1. The minimum Gasteiger partial charge on any atom is -0.482 e. The van der Waals surface area contributed by atoms with Crippen LogP contribution in [0.5, 0.6) is 5.75 Å². The number of amides is 2. The molecule has 1 N–H and O–H groups in total. The van der Waals surface area contributed by atoms with Gasteiger partial charge in [-0.05, 0) is 25.0 Å². The normalized spacial score (nSPS) is 24.1. The number of anilines is 1. The lowest BCUT2D eigenvalue weighted by molar-refractivity contribution is -0.153. The number of carbonyl (C=O) groups excluding carboxylic acids is 2. The number of hydrogen-bond acceptors (Lipinski definition) is 6. The average Bonchev–Trinajstić information content (AvgIpc) is 3.03. The Kier molecular flexibility index (Phi) is 8.48. The number of piperazine rings is 1. The predicted molar refractivity (Wildman–Crippen MR) is 122 cm³/mol. The Morgan fingerprint density at radius 3 is 2.15 bits per heavy atom. The van der Waals surface area contributed by atoms with E-state index in [1.54, 1.807) is 18.2 Å². The molecule has 2 heterocycles. The quantitative estimate of drug-likeness (QED) is 0.455. The van der Waals surface area contributed by atoms with Gasteiger partial charge < -0.3 is 14.7 Å². The van der Waals surface area contributed by atoms with Gasteiger partial charge in [0.2, 0.25) is 11.8 Å². The molecule has 3 atom stereocenters. The average molecular weight is 504 g/mol. The lowest BCUT2D eigenvalue weighted by Crippen LogP contribution is -2.50. The maximum absolute atomic E-state index is 12.6. The van der Waals surface area contributed by atoms with Crippen molar-refractivity contribution in [2.24, 2.45) is 11.8 Å². The Bertz CT molecular complexity index is 880. The number of aliphatic hydroxyl groups is 1. The van der Waals surface area contributed by atoms with Gasteiger partial charge in [0.05, 0.1) is 30.2 Å². The number of rotatable bonds is 7. The molecule has 0 saturated carbocycles. The number of imide groups is 1. The van der Waals surface area contributed by atoms with E-state index in [1.165, 1.54) is 11.0 Å². The molecule has 34 heavy (non-hydrogen) atoms. The highest BCUT2D eigenvalue weighted by Crippen LogP contribution is 2.35. The molecule has 3 aliphatic rings. The number of aliphatic hydroxyl groups excluding tert-OH is 1. The largest absolute Gasteiger partial charge is 0.482 e. The van der Waals surface area contributed by atoms with E-state index in [4.69, 9.17) is 4.74 Å². The fraction of sp³-hybridized carbons (Fsp3) is 0.565. The number of allylic oxidation sites excluding steroid dienone is 2. The van der Waals surface area contributed by atoms with Crippen LogP contribution < -0.4 is 9.64 Å². The number of nitrogens with zero attached hydrogens (tertiary/aromatic N) is 3. The topological polar surface area (TPSA) is 73.3 Å². The van der Waals surface area contributed by atoms with Gasteiger partial charge in [0.25, 0.3) is 0 Å². The van der Waals surface area contributed by atoms with E-state index < -0.39 is 18.9 Å². The summed E-state index contributed by atoms with van der Waals surface area (Å²) in [4.78, 5) is 30.4. The smallest absolute Gasteiger partial charge is 0.422 e.